The highest BCUT2D eigenvalue weighted by atomic mass is 79.9. The van der Waals surface area contributed by atoms with Crippen LogP contribution in [0.15, 0.2) is 40.9 Å². The van der Waals surface area contributed by atoms with Crippen LogP contribution < -0.4 is 10.1 Å². The molecule has 1 amide bonds. The Hall–Kier alpha value is -2.12. The van der Waals surface area contributed by atoms with Crippen molar-refractivity contribution in [3.8, 4) is 5.75 Å². The number of nitro benzene ring substituents is 1. The maximum Gasteiger partial charge on any atom is 0.270 e. The molecule has 0 heterocycles. The fraction of sp³-hybridized carbons (Fsp3) is 0.133. The van der Waals surface area contributed by atoms with Crippen molar-refractivity contribution in [1.29, 1.82) is 0 Å². The Morgan fingerprint density at radius 2 is 2.09 bits per heavy atom. The quantitative estimate of drug-likeness (QED) is 0.599. The molecule has 8 heteroatoms. The molecule has 0 atom stereocenters. The Morgan fingerprint density at radius 1 is 1.35 bits per heavy atom. The molecule has 0 unspecified atom stereocenters. The van der Waals surface area contributed by atoms with Crippen molar-refractivity contribution in [2.24, 2.45) is 0 Å². The first kappa shape index (κ1) is 17.2. The fourth-order valence-electron chi connectivity index (χ4n) is 1.82. The lowest BCUT2D eigenvalue weighted by molar-refractivity contribution is -0.384. The molecule has 2 aromatic carbocycles. The van der Waals surface area contributed by atoms with E-state index in [2.05, 4.69) is 21.2 Å². The topological polar surface area (TPSA) is 81.5 Å². The SMILES string of the molecule is Cc1cc(Cl)ccc1OCC(=O)Nc1ccc([N+](=O)[O-])cc1Br. The molecule has 0 saturated heterocycles. The largest absolute Gasteiger partial charge is 0.483 e. The zero-order valence-corrected chi connectivity index (χ0v) is 14.3. The van der Waals surface area contributed by atoms with Crippen molar-refractivity contribution in [3.05, 3.63) is 61.6 Å². The third-order valence-corrected chi connectivity index (χ3v) is 3.82. The third-order valence-electron chi connectivity index (χ3n) is 2.93. The van der Waals surface area contributed by atoms with Crippen LogP contribution in [-0.4, -0.2) is 17.4 Å². The zero-order valence-electron chi connectivity index (χ0n) is 12.0. The maximum absolute atomic E-state index is 11.9. The second-order valence-corrected chi connectivity index (χ2v) is 5.96. The number of amides is 1. The van der Waals surface area contributed by atoms with Gasteiger partial charge in [-0.05, 0) is 52.7 Å². The van der Waals surface area contributed by atoms with E-state index in [1.165, 1.54) is 18.2 Å². The van der Waals surface area contributed by atoms with Gasteiger partial charge in [-0.2, -0.15) is 0 Å². The molecule has 120 valence electrons. The van der Waals surface area contributed by atoms with Gasteiger partial charge in [-0.3, -0.25) is 14.9 Å². The Morgan fingerprint density at radius 3 is 2.70 bits per heavy atom. The highest BCUT2D eigenvalue weighted by Crippen LogP contribution is 2.27. The normalized spacial score (nSPS) is 10.2. The Balaban J connectivity index is 1.98. The second-order valence-electron chi connectivity index (χ2n) is 4.67. The number of nitrogens with zero attached hydrogens (tertiary/aromatic N) is 1. The highest BCUT2D eigenvalue weighted by molar-refractivity contribution is 9.10. The van der Waals surface area contributed by atoms with Crippen LogP contribution in [0.2, 0.25) is 5.02 Å². The van der Waals surface area contributed by atoms with Crippen LogP contribution in [0.25, 0.3) is 0 Å². The molecular formula is C15H12BrClN2O4. The fourth-order valence-corrected chi connectivity index (χ4v) is 2.52. The van der Waals surface area contributed by atoms with E-state index in [9.17, 15) is 14.9 Å². The average Bonchev–Trinajstić information content (AvgIpc) is 2.48. The van der Waals surface area contributed by atoms with Crippen molar-refractivity contribution >= 4 is 44.8 Å². The van der Waals surface area contributed by atoms with Gasteiger partial charge in [-0.1, -0.05) is 11.6 Å². The van der Waals surface area contributed by atoms with Crippen molar-refractivity contribution in [1.82, 2.24) is 0 Å². The van der Waals surface area contributed by atoms with E-state index in [4.69, 9.17) is 16.3 Å². The molecular weight excluding hydrogens is 388 g/mol. The maximum atomic E-state index is 11.9. The number of nitro groups is 1. The number of nitrogens with one attached hydrogen (secondary N) is 1. The van der Waals surface area contributed by atoms with E-state index in [1.807, 2.05) is 6.92 Å². The van der Waals surface area contributed by atoms with Gasteiger partial charge in [-0.25, -0.2) is 0 Å². The molecule has 6 nitrogen and oxygen atoms in total. The van der Waals surface area contributed by atoms with Crippen molar-refractivity contribution in [2.45, 2.75) is 6.92 Å². The predicted molar refractivity (Wildman–Crippen MR) is 91.1 cm³/mol. The van der Waals surface area contributed by atoms with Crippen LogP contribution in [0.1, 0.15) is 5.56 Å². The lowest BCUT2D eigenvalue weighted by Crippen LogP contribution is -2.20. The van der Waals surface area contributed by atoms with Gasteiger partial charge >= 0.3 is 0 Å². The number of halogens is 2. The van der Waals surface area contributed by atoms with Crippen LogP contribution in [0, 0.1) is 17.0 Å². The van der Waals surface area contributed by atoms with E-state index < -0.39 is 4.92 Å². The summed E-state index contributed by atoms with van der Waals surface area (Å²) in [6.07, 6.45) is 0. The number of aryl methyl sites for hydroxylation is 1. The summed E-state index contributed by atoms with van der Waals surface area (Å²) in [5, 5.41) is 13.9. The molecule has 0 aliphatic carbocycles. The van der Waals surface area contributed by atoms with Crippen molar-refractivity contribution in [2.75, 3.05) is 11.9 Å². The minimum atomic E-state index is -0.511. The summed E-state index contributed by atoms with van der Waals surface area (Å²) in [6.45, 7) is 1.64. The zero-order chi connectivity index (χ0) is 17.0. The number of rotatable bonds is 5. The number of carbonyl (C=O) groups excluding carboxylic acids is 1. The lowest BCUT2D eigenvalue weighted by atomic mass is 10.2. The molecule has 0 bridgehead atoms. The first-order valence-corrected chi connectivity index (χ1v) is 7.66. The van der Waals surface area contributed by atoms with Gasteiger partial charge in [0.25, 0.3) is 11.6 Å². The van der Waals surface area contributed by atoms with Gasteiger partial charge in [0.15, 0.2) is 6.61 Å². The Bertz CT molecular complexity index is 767. The van der Waals surface area contributed by atoms with Crippen LogP contribution in [0.3, 0.4) is 0 Å². The van der Waals surface area contributed by atoms with Crippen molar-refractivity contribution < 1.29 is 14.5 Å². The molecule has 0 saturated carbocycles. The number of benzene rings is 2. The molecule has 2 rings (SSSR count). The first-order chi connectivity index (χ1) is 10.9. The minimum Gasteiger partial charge on any atom is -0.483 e. The number of anilines is 1. The smallest absolute Gasteiger partial charge is 0.270 e. The summed E-state index contributed by atoms with van der Waals surface area (Å²) in [6, 6.07) is 9.18. The van der Waals surface area contributed by atoms with E-state index >= 15 is 0 Å². The van der Waals surface area contributed by atoms with Gasteiger partial charge in [-0.15, -0.1) is 0 Å². The average molecular weight is 400 g/mol. The number of hydrogen-bond donors (Lipinski definition) is 1. The molecule has 23 heavy (non-hydrogen) atoms. The van der Waals surface area contributed by atoms with Gasteiger partial charge in [0.05, 0.1) is 10.6 Å². The molecule has 0 aromatic heterocycles. The monoisotopic (exact) mass is 398 g/mol. The van der Waals surface area contributed by atoms with Crippen LogP contribution >= 0.6 is 27.5 Å². The number of non-ortho nitro benzene ring substituents is 1. The molecule has 2 aromatic rings. The van der Waals surface area contributed by atoms with E-state index in [0.717, 1.165) is 5.56 Å². The lowest BCUT2D eigenvalue weighted by Gasteiger charge is -2.10. The summed E-state index contributed by atoms with van der Waals surface area (Å²) in [5.74, 6) is 0.182. The van der Waals surface area contributed by atoms with Gasteiger partial charge in [0, 0.05) is 21.6 Å². The highest BCUT2D eigenvalue weighted by Gasteiger charge is 2.12. The Labute approximate surface area is 145 Å². The first-order valence-electron chi connectivity index (χ1n) is 6.49. The number of hydrogen-bond acceptors (Lipinski definition) is 4. The molecule has 0 fully saturated rings. The summed E-state index contributed by atoms with van der Waals surface area (Å²) in [7, 11) is 0. The summed E-state index contributed by atoms with van der Waals surface area (Å²) >= 11 is 9.04. The van der Waals surface area contributed by atoms with Gasteiger partial charge < -0.3 is 10.1 Å². The number of ether oxygens (including phenoxy) is 1. The predicted octanol–water partition coefficient (Wildman–Crippen LogP) is 4.34. The van der Waals surface area contributed by atoms with E-state index in [0.29, 0.717) is 20.9 Å². The number of carbonyl (C=O) groups is 1. The molecule has 0 aliphatic heterocycles. The van der Waals surface area contributed by atoms with Gasteiger partial charge in [0.1, 0.15) is 5.75 Å². The van der Waals surface area contributed by atoms with E-state index in [1.54, 1.807) is 18.2 Å². The summed E-state index contributed by atoms with van der Waals surface area (Å²) in [4.78, 5) is 22.1. The third kappa shape index (κ3) is 4.67. The Kier molecular flexibility index (Phi) is 5.57. The van der Waals surface area contributed by atoms with Crippen LogP contribution in [0.4, 0.5) is 11.4 Å². The summed E-state index contributed by atoms with van der Waals surface area (Å²) < 4.78 is 5.85. The molecule has 1 N–H and O–H groups in total. The van der Waals surface area contributed by atoms with E-state index in [-0.39, 0.29) is 18.2 Å². The molecule has 0 spiro atoms. The second kappa shape index (κ2) is 7.43. The van der Waals surface area contributed by atoms with Gasteiger partial charge in [0.2, 0.25) is 0 Å². The standard InChI is InChI=1S/C15H12BrClN2O4/c1-9-6-10(17)2-5-14(9)23-8-15(20)18-13-4-3-11(19(21)22)7-12(13)16/h2-7H,8H2,1H3,(H,18,20). The van der Waals surface area contributed by atoms with Crippen LogP contribution in [0.5, 0.6) is 5.75 Å². The van der Waals surface area contributed by atoms with Crippen LogP contribution in [-0.2, 0) is 4.79 Å². The molecule has 0 radical (unpaired) electrons. The minimum absolute atomic E-state index is 0.0667. The summed E-state index contributed by atoms with van der Waals surface area (Å²) in [5.41, 5.74) is 1.18. The molecule has 0 aliphatic rings. The van der Waals surface area contributed by atoms with Crippen molar-refractivity contribution in [3.63, 3.8) is 0 Å².